The molecule has 2 heterocycles. The van der Waals surface area contributed by atoms with E-state index in [4.69, 9.17) is 9.47 Å². The van der Waals surface area contributed by atoms with Crippen LogP contribution in [-0.4, -0.2) is 52.3 Å². The van der Waals surface area contributed by atoms with E-state index in [0.29, 0.717) is 37.6 Å². The number of likely N-dealkylation sites (tertiary alicyclic amines) is 1. The third kappa shape index (κ3) is 6.73. The summed E-state index contributed by atoms with van der Waals surface area (Å²) < 4.78 is 12.2. The van der Waals surface area contributed by atoms with Crippen molar-refractivity contribution < 1.29 is 14.3 Å². The van der Waals surface area contributed by atoms with Crippen molar-refractivity contribution in [3.05, 3.63) is 10.7 Å². The number of ether oxygens (including phenoxy) is 2. The minimum absolute atomic E-state index is 0.253. The molecule has 8 heteroatoms. The molecule has 3 rings (SSSR count). The van der Waals surface area contributed by atoms with Crippen molar-refractivity contribution in [3.8, 4) is 5.88 Å². The smallest absolute Gasteiger partial charge is 0.410 e. The Kier molecular flexibility index (Phi) is 7.24. The first kappa shape index (κ1) is 22.1. The molecule has 1 N–H and O–H groups in total. The highest BCUT2D eigenvalue weighted by Gasteiger charge is 2.30. The van der Waals surface area contributed by atoms with Gasteiger partial charge >= 0.3 is 6.09 Å². The number of nitrogens with one attached hydrogen (secondary N) is 1. The summed E-state index contributed by atoms with van der Waals surface area (Å²) in [5.41, 5.74) is -0.475. The molecule has 29 heavy (non-hydrogen) atoms. The number of aromatic nitrogens is 2. The largest absolute Gasteiger partial charge is 0.476 e. The molecule has 1 saturated heterocycles. The molecule has 0 spiro atoms. The first-order valence-corrected chi connectivity index (χ1v) is 11.4. The molecule has 1 unspecified atom stereocenters. The SMILES string of the molecule is CC1CCC(Nc2ncc(Br)c(OCC3CCN(C(=O)OC(C)(C)C)C3)n2)CC1. The van der Waals surface area contributed by atoms with Gasteiger partial charge in [0, 0.05) is 25.0 Å². The van der Waals surface area contributed by atoms with E-state index in [1.807, 2.05) is 20.8 Å². The second kappa shape index (κ2) is 9.49. The highest BCUT2D eigenvalue weighted by Crippen LogP contribution is 2.28. The summed E-state index contributed by atoms with van der Waals surface area (Å²) in [5.74, 6) is 2.23. The Bertz CT molecular complexity index is 702. The Hall–Kier alpha value is -1.57. The van der Waals surface area contributed by atoms with Gasteiger partial charge in [0.1, 0.15) is 5.60 Å². The molecule has 1 aromatic heterocycles. The van der Waals surface area contributed by atoms with E-state index < -0.39 is 5.60 Å². The second-order valence-electron chi connectivity index (χ2n) is 9.34. The molecule has 1 saturated carbocycles. The topological polar surface area (TPSA) is 76.6 Å². The molecule has 0 aromatic carbocycles. The lowest BCUT2D eigenvalue weighted by atomic mass is 9.87. The van der Waals surface area contributed by atoms with Gasteiger partial charge in [0.2, 0.25) is 11.8 Å². The maximum atomic E-state index is 12.2. The maximum Gasteiger partial charge on any atom is 0.410 e. The van der Waals surface area contributed by atoms with Gasteiger partial charge in [0.15, 0.2) is 0 Å². The number of carbonyl (C=O) groups excluding carboxylic acids is 1. The maximum absolute atomic E-state index is 12.2. The summed E-state index contributed by atoms with van der Waals surface area (Å²) in [5, 5.41) is 3.45. The molecule has 1 aliphatic carbocycles. The molecule has 0 radical (unpaired) electrons. The summed E-state index contributed by atoms with van der Waals surface area (Å²) in [6.45, 7) is 9.81. The van der Waals surface area contributed by atoms with Gasteiger partial charge in [0.25, 0.3) is 0 Å². The third-order valence-corrected chi connectivity index (χ3v) is 6.00. The molecular formula is C21H33BrN4O3. The van der Waals surface area contributed by atoms with Crippen molar-refractivity contribution in [1.82, 2.24) is 14.9 Å². The van der Waals surface area contributed by atoms with Gasteiger partial charge in [-0.15, -0.1) is 0 Å². The average Bonchev–Trinajstić information content (AvgIpc) is 3.12. The standard InChI is InChI=1S/C21H33BrN4O3/c1-14-5-7-16(8-6-14)24-19-23-11-17(22)18(25-19)28-13-15-9-10-26(12-15)20(27)29-21(2,3)4/h11,14-16H,5-10,12-13H2,1-4H3,(H,23,24,25). The van der Waals surface area contributed by atoms with E-state index >= 15 is 0 Å². The Morgan fingerprint density at radius 1 is 1.28 bits per heavy atom. The molecule has 162 valence electrons. The predicted octanol–water partition coefficient (Wildman–Crippen LogP) is 4.87. The number of hydrogen-bond acceptors (Lipinski definition) is 6. The highest BCUT2D eigenvalue weighted by molar-refractivity contribution is 9.10. The minimum Gasteiger partial charge on any atom is -0.476 e. The van der Waals surface area contributed by atoms with Gasteiger partial charge in [-0.25, -0.2) is 9.78 Å². The van der Waals surface area contributed by atoms with Crippen molar-refractivity contribution in [3.63, 3.8) is 0 Å². The van der Waals surface area contributed by atoms with Crippen molar-refractivity contribution in [1.29, 1.82) is 0 Å². The number of halogens is 1. The van der Waals surface area contributed by atoms with Gasteiger partial charge in [-0.1, -0.05) is 6.92 Å². The molecule has 1 aliphatic heterocycles. The van der Waals surface area contributed by atoms with Crippen LogP contribution in [0, 0.1) is 11.8 Å². The minimum atomic E-state index is -0.475. The first-order valence-electron chi connectivity index (χ1n) is 10.6. The molecule has 1 amide bonds. The van der Waals surface area contributed by atoms with Crippen LogP contribution in [0.3, 0.4) is 0 Å². The fourth-order valence-electron chi connectivity index (χ4n) is 3.77. The van der Waals surface area contributed by atoms with Gasteiger partial charge in [-0.05, 0) is 74.7 Å². The predicted molar refractivity (Wildman–Crippen MR) is 116 cm³/mol. The number of carbonyl (C=O) groups is 1. The fraction of sp³-hybridized carbons (Fsp3) is 0.762. The fourth-order valence-corrected chi connectivity index (χ4v) is 4.07. The van der Waals surface area contributed by atoms with Crippen LogP contribution in [0.4, 0.5) is 10.7 Å². The van der Waals surface area contributed by atoms with E-state index in [2.05, 4.69) is 38.1 Å². The number of hydrogen-bond donors (Lipinski definition) is 1. The van der Waals surface area contributed by atoms with Crippen LogP contribution in [0.5, 0.6) is 5.88 Å². The van der Waals surface area contributed by atoms with E-state index in [-0.39, 0.29) is 12.0 Å². The Morgan fingerprint density at radius 2 is 2.00 bits per heavy atom. The number of rotatable bonds is 5. The summed E-state index contributed by atoms with van der Waals surface area (Å²) in [6.07, 6.45) is 7.17. The first-order chi connectivity index (χ1) is 13.7. The van der Waals surface area contributed by atoms with Gasteiger partial charge in [-0.3, -0.25) is 0 Å². The van der Waals surface area contributed by atoms with E-state index in [9.17, 15) is 4.79 Å². The Morgan fingerprint density at radius 3 is 2.69 bits per heavy atom. The van der Waals surface area contributed by atoms with Crippen LogP contribution in [-0.2, 0) is 4.74 Å². The van der Waals surface area contributed by atoms with Gasteiger partial charge in [0.05, 0.1) is 17.3 Å². The lowest BCUT2D eigenvalue weighted by molar-refractivity contribution is 0.0284. The van der Waals surface area contributed by atoms with Crippen LogP contribution in [0.1, 0.15) is 59.8 Å². The summed E-state index contributed by atoms with van der Waals surface area (Å²) in [4.78, 5) is 22.9. The molecule has 0 bridgehead atoms. The molecular weight excluding hydrogens is 436 g/mol. The average molecular weight is 469 g/mol. The zero-order valence-corrected chi connectivity index (χ0v) is 19.5. The van der Waals surface area contributed by atoms with E-state index in [1.54, 1.807) is 11.1 Å². The number of amides is 1. The number of anilines is 1. The molecule has 1 aromatic rings. The lowest BCUT2D eigenvalue weighted by Crippen LogP contribution is -2.35. The number of nitrogens with zero attached hydrogens (tertiary/aromatic N) is 3. The molecule has 1 atom stereocenters. The highest BCUT2D eigenvalue weighted by atomic mass is 79.9. The summed E-state index contributed by atoms with van der Waals surface area (Å²) in [6, 6.07) is 0.428. The normalized spacial score (nSPS) is 25.0. The summed E-state index contributed by atoms with van der Waals surface area (Å²) in [7, 11) is 0. The van der Waals surface area contributed by atoms with Crippen molar-refractivity contribution in [2.75, 3.05) is 25.0 Å². The molecule has 2 fully saturated rings. The monoisotopic (exact) mass is 468 g/mol. The Balaban J connectivity index is 1.50. The van der Waals surface area contributed by atoms with Crippen molar-refractivity contribution in [2.24, 2.45) is 11.8 Å². The van der Waals surface area contributed by atoms with E-state index in [0.717, 1.165) is 29.7 Å². The second-order valence-corrected chi connectivity index (χ2v) is 10.2. The van der Waals surface area contributed by atoms with Gasteiger partial charge < -0.3 is 19.7 Å². The van der Waals surface area contributed by atoms with Crippen LogP contribution < -0.4 is 10.1 Å². The molecule has 7 nitrogen and oxygen atoms in total. The van der Waals surface area contributed by atoms with Gasteiger partial charge in [-0.2, -0.15) is 4.98 Å². The zero-order valence-electron chi connectivity index (χ0n) is 17.9. The van der Waals surface area contributed by atoms with Crippen molar-refractivity contribution >= 4 is 28.0 Å². The quantitative estimate of drug-likeness (QED) is 0.664. The summed E-state index contributed by atoms with van der Waals surface area (Å²) >= 11 is 3.48. The Labute approximate surface area is 182 Å². The van der Waals surface area contributed by atoms with Crippen LogP contribution in [0.2, 0.25) is 0 Å². The van der Waals surface area contributed by atoms with Crippen LogP contribution >= 0.6 is 15.9 Å². The van der Waals surface area contributed by atoms with Crippen LogP contribution in [0.15, 0.2) is 10.7 Å². The molecule has 2 aliphatic rings. The van der Waals surface area contributed by atoms with Crippen LogP contribution in [0.25, 0.3) is 0 Å². The zero-order chi connectivity index (χ0) is 21.0. The van der Waals surface area contributed by atoms with Crippen molar-refractivity contribution in [2.45, 2.75) is 71.4 Å². The third-order valence-electron chi connectivity index (χ3n) is 5.45. The lowest BCUT2D eigenvalue weighted by Gasteiger charge is -2.27. The van der Waals surface area contributed by atoms with E-state index in [1.165, 1.54) is 12.8 Å².